The quantitative estimate of drug-likeness (QED) is 0.835. The summed E-state index contributed by atoms with van der Waals surface area (Å²) in [6, 6.07) is 13.2. The molecule has 5 heteroatoms. The molecule has 0 spiro atoms. The topological polar surface area (TPSA) is 63.6 Å². The van der Waals surface area contributed by atoms with Crippen molar-refractivity contribution in [1.29, 1.82) is 0 Å². The van der Waals surface area contributed by atoms with Gasteiger partial charge in [-0.05, 0) is 43.5 Å². The van der Waals surface area contributed by atoms with Gasteiger partial charge in [0.25, 0.3) is 0 Å². The van der Waals surface area contributed by atoms with Gasteiger partial charge in [0.1, 0.15) is 18.5 Å². The van der Waals surface area contributed by atoms with Crippen LogP contribution in [0.15, 0.2) is 42.5 Å². The summed E-state index contributed by atoms with van der Waals surface area (Å²) in [7, 11) is -3.40. The highest BCUT2D eigenvalue weighted by Gasteiger charge is 2.19. The highest BCUT2D eigenvalue weighted by atomic mass is 32.2. The minimum absolute atomic E-state index is 0.0443. The second-order valence-electron chi connectivity index (χ2n) is 6.28. The van der Waals surface area contributed by atoms with Gasteiger partial charge in [0.05, 0.1) is 11.5 Å². The van der Waals surface area contributed by atoms with Gasteiger partial charge in [-0.15, -0.1) is 0 Å². The molecule has 1 unspecified atom stereocenters. The maximum atomic E-state index is 12.2. The van der Waals surface area contributed by atoms with Crippen LogP contribution >= 0.6 is 0 Å². The first-order valence-electron chi connectivity index (χ1n) is 7.89. The maximum absolute atomic E-state index is 12.2. The SMILES string of the molecule is Cc1cccc(CS(=O)(=O)CC(O)COc2cc(C)ccc2C)c1. The van der Waals surface area contributed by atoms with E-state index in [1.807, 2.05) is 57.2 Å². The molecule has 0 aliphatic heterocycles. The molecule has 0 aliphatic carbocycles. The summed E-state index contributed by atoms with van der Waals surface area (Å²) < 4.78 is 30.1. The summed E-state index contributed by atoms with van der Waals surface area (Å²) in [4.78, 5) is 0. The predicted octanol–water partition coefficient (Wildman–Crippen LogP) is 2.97. The maximum Gasteiger partial charge on any atom is 0.157 e. The fourth-order valence-corrected chi connectivity index (χ4v) is 3.99. The van der Waals surface area contributed by atoms with Crippen molar-refractivity contribution in [2.75, 3.05) is 12.4 Å². The Labute approximate surface area is 144 Å². The van der Waals surface area contributed by atoms with Crippen LogP contribution in [-0.2, 0) is 15.6 Å². The molecule has 0 radical (unpaired) electrons. The molecule has 4 nitrogen and oxygen atoms in total. The average Bonchev–Trinajstić information content (AvgIpc) is 2.47. The zero-order valence-corrected chi connectivity index (χ0v) is 15.1. The smallest absolute Gasteiger partial charge is 0.157 e. The molecule has 2 aromatic rings. The van der Waals surface area contributed by atoms with E-state index in [0.29, 0.717) is 5.75 Å². The van der Waals surface area contributed by atoms with E-state index in [2.05, 4.69) is 0 Å². The number of hydrogen-bond donors (Lipinski definition) is 1. The predicted molar refractivity (Wildman–Crippen MR) is 96.1 cm³/mol. The number of sulfone groups is 1. The number of rotatable bonds is 7. The van der Waals surface area contributed by atoms with E-state index < -0.39 is 15.9 Å². The Kier molecular flexibility index (Phi) is 6.02. The van der Waals surface area contributed by atoms with Gasteiger partial charge in [0.15, 0.2) is 9.84 Å². The molecule has 0 fully saturated rings. The Morgan fingerprint density at radius 1 is 1.04 bits per heavy atom. The normalized spacial score (nSPS) is 12.8. The third-order valence-electron chi connectivity index (χ3n) is 3.69. The zero-order chi connectivity index (χ0) is 17.7. The van der Waals surface area contributed by atoms with Gasteiger partial charge in [0.2, 0.25) is 0 Å². The van der Waals surface area contributed by atoms with Gasteiger partial charge in [-0.3, -0.25) is 0 Å². The molecular formula is C19H24O4S. The van der Waals surface area contributed by atoms with Gasteiger partial charge >= 0.3 is 0 Å². The molecule has 0 saturated carbocycles. The van der Waals surface area contributed by atoms with Crippen LogP contribution in [0.4, 0.5) is 0 Å². The fourth-order valence-electron chi connectivity index (χ4n) is 2.50. The molecule has 0 bridgehead atoms. The Morgan fingerprint density at radius 3 is 2.46 bits per heavy atom. The third kappa shape index (κ3) is 5.65. The fraction of sp³-hybridized carbons (Fsp3) is 0.368. The van der Waals surface area contributed by atoms with Crippen LogP contribution in [0.3, 0.4) is 0 Å². The van der Waals surface area contributed by atoms with Crippen molar-refractivity contribution in [2.45, 2.75) is 32.6 Å². The molecule has 0 aliphatic rings. The van der Waals surface area contributed by atoms with E-state index >= 15 is 0 Å². The van der Waals surface area contributed by atoms with E-state index in [1.165, 1.54) is 0 Å². The third-order valence-corrected chi connectivity index (χ3v) is 5.36. The monoisotopic (exact) mass is 348 g/mol. The minimum Gasteiger partial charge on any atom is -0.491 e. The number of aryl methyl sites for hydroxylation is 3. The zero-order valence-electron chi connectivity index (χ0n) is 14.3. The highest BCUT2D eigenvalue weighted by molar-refractivity contribution is 7.90. The van der Waals surface area contributed by atoms with Crippen LogP contribution in [0.1, 0.15) is 22.3 Å². The average molecular weight is 348 g/mol. The molecule has 1 N–H and O–H groups in total. The first-order chi connectivity index (χ1) is 11.2. The second-order valence-corrected chi connectivity index (χ2v) is 8.39. The van der Waals surface area contributed by atoms with E-state index in [0.717, 1.165) is 22.3 Å². The molecule has 0 saturated heterocycles. The van der Waals surface area contributed by atoms with Crippen molar-refractivity contribution < 1.29 is 18.3 Å². The first-order valence-corrected chi connectivity index (χ1v) is 9.71. The molecule has 2 aromatic carbocycles. The van der Waals surface area contributed by atoms with Crippen molar-refractivity contribution in [3.8, 4) is 5.75 Å². The van der Waals surface area contributed by atoms with Crippen molar-refractivity contribution in [2.24, 2.45) is 0 Å². The van der Waals surface area contributed by atoms with Crippen molar-refractivity contribution in [1.82, 2.24) is 0 Å². The van der Waals surface area contributed by atoms with E-state index in [-0.39, 0.29) is 18.1 Å². The lowest BCUT2D eigenvalue weighted by Crippen LogP contribution is -2.28. The van der Waals surface area contributed by atoms with Crippen molar-refractivity contribution in [3.05, 3.63) is 64.7 Å². The molecule has 0 heterocycles. The summed E-state index contributed by atoms with van der Waals surface area (Å²) >= 11 is 0. The van der Waals surface area contributed by atoms with Crippen LogP contribution in [0.5, 0.6) is 5.75 Å². The van der Waals surface area contributed by atoms with Crippen LogP contribution in [0.2, 0.25) is 0 Å². The molecule has 0 amide bonds. The lowest BCUT2D eigenvalue weighted by Gasteiger charge is -2.15. The lowest BCUT2D eigenvalue weighted by molar-refractivity contribution is 0.124. The summed E-state index contributed by atoms with van der Waals surface area (Å²) in [5.41, 5.74) is 3.76. The summed E-state index contributed by atoms with van der Waals surface area (Å²) in [5, 5.41) is 10.0. The Morgan fingerprint density at radius 2 is 1.75 bits per heavy atom. The van der Waals surface area contributed by atoms with Gasteiger partial charge in [-0.1, -0.05) is 42.0 Å². The van der Waals surface area contributed by atoms with Gasteiger partial charge in [-0.25, -0.2) is 8.42 Å². The minimum atomic E-state index is -3.40. The van der Waals surface area contributed by atoms with Crippen molar-refractivity contribution >= 4 is 9.84 Å². The standard InChI is InChI=1S/C19H24O4S/c1-14-5-4-6-17(9-14)12-24(21,22)13-18(20)11-23-19-10-15(2)7-8-16(19)3/h4-10,18,20H,11-13H2,1-3H3. The molecule has 2 rings (SSSR count). The van der Waals surface area contributed by atoms with Crippen LogP contribution < -0.4 is 4.74 Å². The van der Waals surface area contributed by atoms with Crippen LogP contribution in [0.25, 0.3) is 0 Å². The lowest BCUT2D eigenvalue weighted by atomic mass is 10.1. The van der Waals surface area contributed by atoms with Gasteiger partial charge in [0, 0.05) is 0 Å². The first kappa shape index (κ1) is 18.5. The number of aliphatic hydroxyl groups is 1. The van der Waals surface area contributed by atoms with E-state index in [9.17, 15) is 13.5 Å². The number of hydrogen-bond acceptors (Lipinski definition) is 4. The van der Waals surface area contributed by atoms with Crippen molar-refractivity contribution in [3.63, 3.8) is 0 Å². The Balaban J connectivity index is 1.93. The summed E-state index contributed by atoms with van der Waals surface area (Å²) in [6.07, 6.45) is -1.06. The number of ether oxygens (including phenoxy) is 1. The van der Waals surface area contributed by atoms with Crippen LogP contribution in [-0.4, -0.2) is 32.0 Å². The molecule has 24 heavy (non-hydrogen) atoms. The second kappa shape index (κ2) is 7.81. The highest BCUT2D eigenvalue weighted by Crippen LogP contribution is 2.19. The van der Waals surface area contributed by atoms with Crippen LogP contribution in [0, 0.1) is 20.8 Å². The Bertz CT molecular complexity index is 797. The van der Waals surface area contributed by atoms with Gasteiger partial charge in [-0.2, -0.15) is 0 Å². The molecule has 0 aromatic heterocycles. The summed E-state index contributed by atoms with van der Waals surface area (Å²) in [6.45, 7) is 5.74. The number of benzene rings is 2. The number of aliphatic hydroxyl groups excluding tert-OH is 1. The Hall–Kier alpha value is -1.85. The molecule has 130 valence electrons. The summed E-state index contributed by atoms with van der Waals surface area (Å²) in [5.74, 6) is 0.284. The molecule has 1 atom stereocenters. The van der Waals surface area contributed by atoms with Gasteiger partial charge < -0.3 is 9.84 Å². The largest absolute Gasteiger partial charge is 0.491 e. The molecular weight excluding hydrogens is 324 g/mol. The van der Waals surface area contributed by atoms with E-state index in [1.54, 1.807) is 6.07 Å². The van der Waals surface area contributed by atoms with E-state index in [4.69, 9.17) is 4.74 Å².